The molecule has 0 radical (unpaired) electrons. The molecule has 1 aliphatic carbocycles. The van der Waals surface area contributed by atoms with Gasteiger partial charge in [0.05, 0.1) is 6.20 Å². The minimum atomic E-state index is 0.685. The maximum Gasteiger partial charge on any atom is 0.0537 e. The lowest BCUT2D eigenvalue weighted by molar-refractivity contribution is 0.261. The summed E-state index contributed by atoms with van der Waals surface area (Å²) in [6.45, 7) is 5.42. The maximum atomic E-state index is 4.31. The Kier molecular flexibility index (Phi) is 4.81. The molecule has 2 rings (SSSR count). The highest BCUT2D eigenvalue weighted by atomic mass is 15.3. The van der Waals surface area contributed by atoms with E-state index < -0.39 is 0 Å². The number of aryl methyl sites for hydroxylation is 1. The van der Waals surface area contributed by atoms with Crippen molar-refractivity contribution in [2.24, 2.45) is 13.0 Å². The van der Waals surface area contributed by atoms with Crippen molar-refractivity contribution in [1.82, 2.24) is 15.1 Å². The SMILES string of the molecule is CCC(NCc1cnn(C)c1C)C1CCCCC1. The molecule has 1 unspecified atom stereocenters. The molecule has 0 aromatic carbocycles. The van der Waals surface area contributed by atoms with Crippen molar-refractivity contribution in [2.75, 3.05) is 0 Å². The van der Waals surface area contributed by atoms with Crippen molar-refractivity contribution in [3.05, 3.63) is 17.5 Å². The molecule has 1 saturated carbocycles. The van der Waals surface area contributed by atoms with E-state index in [0.717, 1.165) is 12.5 Å². The first-order chi connectivity index (χ1) is 8.72. The van der Waals surface area contributed by atoms with E-state index in [1.54, 1.807) is 0 Å². The summed E-state index contributed by atoms with van der Waals surface area (Å²) in [5.41, 5.74) is 2.62. The molecule has 3 heteroatoms. The predicted octanol–water partition coefficient (Wildman–Crippen LogP) is 3.18. The summed E-state index contributed by atoms with van der Waals surface area (Å²) in [4.78, 5) is 0. The molecule has 1 N–H and O–H groups in total. The number of nitrogens with zero attached hydrogens (tertiary/aromatic N) is 2. The zero-order valence-corrected chi connectivity index (χ0v) is 12.1. The molecule has 0 spiro atoms. The highest BCUT2D eigenvalue weighted by Gasteiger charge is 2.22. The number of rotatable bonds is 5. The lowest BCUT2D eigenvalue weighted by Crippen LogP contribution is -2.36. The van der Waals surface area contributed by atoms with Gasteiger partial charge in [-0.2, -0.15) is 5.10 Å². The maximum absolute atomic E-state index is 4.31. The first-order valence-electron chi connectivity index (χ1n) is 7.43. The van der Waals surface area contributed by atoms with Crippen molar-refractivity contribution in [3.8, 4) is 0 Å². The number of hydrogen-bond acceptors (Lipinski definition) is 2. The van der Waals surface area contributed by atoms with Crippen LogP contribution in [0.1, 0.15) is 56.7 Å². The second-order valence-corrected chi connectivity index (χ2v) is 5.67. The van der Waals surface area contributed by atoms with Gasteiger partial charge in [0, 0.05) is 30.9 Å². The average Bonchev–Trinajstić information content (AvgIpc) is 2.72. The summed E-state index contributed by atoms with van der Waals surface area (Å²) in [7, 11) is 2.01. The Morgan fingerprint density at radius 1 is 1.39 bits per heavy atom. The second-order valence-electron chi connectivity index (χ2n) is 5.67. The zero-order valence-electron chi connectivity index (χ0n) is 12.1. The van der Waals surface area contributed by atoms with Crippen LogP contribution in [0, 0.1) is 12.8 Å². The first kappa shape index (κ1) is 13.6. The van der Waals surface area contributed by atoms with E-state index in [2.05, 4.69) is 24.3 Å². The fraction of sp³-hybridized carbons (Fsp3) is 0.800. The van der Waals surface area contributed by atoms with Crippen LogP contribution >= 0.6 is 0 Å². The summed E-state index contributed by atoms with van der Waals surface area (Å²) in [5, 5.41) is 8.07. The van der Waals surface area contributed by atoms with Gasteiger partial charge in [0.2, 0.25) is 0 Å². The molecular weight excluding hydrogens is 222 g/mol. The van der Waals surface area contributed by atoms with Gasteiger partial charge in [-0.3, -0.25) is 4.68 Å². The molecule has 3 nitrogen and oxygen atoms in total. The van der Waals surface area contributed by atoms with Gasteiger partial charge < -0.3 is 5.32 Å². The van der Waals surface area contributed by atoms with E-state index in [1.165, 1.54) is 49.8 Å². The van der Waals surface area contributed by atoms with E-state index in [1.807, 2.05) is 17.9 Å². The van der Waals surface area contributed by atoms with Crippen molar-refractivity contribution >= 4 is 0 Å². The largest absolute Gasteiger partial charge is 0.310 e. The number of hydrogen-bond donors (Lipinski definition) is 1. The second kappa shape index (κ2) is 6.37. The highest BCUT2D eigenvalue weighted by Crippen LogP contribution is 2.27. The molecule has 1 aromatic heterocycles. The Labute approximate surface area is 111 Å². The predicted molar refractivity (Wildman–Crippen MR) is 75.4 cm³/mol. The Morgan fingerprint density at radius 2 is 2.11 bits per heavy atom. The molecule has 102 valence electrons. The third kappa shape index (κ3) is 3.14. The summed E-state index contributed by atoms with van der Waals surface area (Å²) < 4.78 is 1.96. The van der Waals surface area contributed by atoms with Gasteiger partial charge in [0.25, 0.3) is 0 Å². The normalized spacial score (nSPS) is 19.1. The van der Waals surface area contributed by atoms with Crippen LogP contribution in [-0.4, -0.2) is 15.8 Å². The van der Waals surface area contributed by atoms with Crippen LogP contribution in [0.5, 0.6) is 0 Å². The molecule has 0 aliphatic heterocycles. The summed E-state index contributed by atoms with van der Waals surface area (Å²) >= 11 is 0. The smallest absolute Gasteiger partial charge is 0.0537 e. The van der Waals surface area contributed by atoms with Crippen molar-refractivity contribution < 1.29 is 0 Å². The summed E-state index contributed by atoms with van der Waals surface area (Å²) in [6.07, 6.45) is 10.4. The Morgan fingerprint density at radius 3 is 2.67 bits per heavy atom. The van der Waals surface area contributed by atoms with Crippen molar-refractivity contribution in [1.29, 1.82) is 0 Å². The molecule has 1 aromatic rings. The first-order valence-corrected chi connectivity index (χ1v) is 7.43. The van der Waals surface area contributed by atoms with Gasteiger partial charge >= 0.3 is 0 Å². The van der Waals surface area contributed by atoms with Crippen LogP contribution in [0.15, 0.2) is 6.20 Å². The monoisotopic (exact) mass is 249 g/mol. The molecular formula is C15H27N3. The molecule has 1 heterocycles. The summed E-state index contributed by atoms with van der Waals surface area (Å²) in [5.74, 6) is 0.890. The molecule has 0 saturated heterocycles. The highest BCUT2D eigenvalue weighted by molar-refractivity contribution is 5.15. The van der Waals surface area contributed by atoms with Gasteiger partial charge in [0.15, 0.2) is 0 Å². The van der Waals surface area contributed by atoms with E-state index in [9.17, 15) is 0 Å². The number of aromatic nitrogens is 2. The lowest BCUT2D eigenvalue weighted by atomic mass is 9.83. The van der Waals surface area contributed by atoms with Crippen LogP contribution in [0.2, 0.25) is 0 Å². The molecule has 0 bridgehead atoms. The van der Waals surface area contributed by atoms with Crippen molar-refractivity contribution in [3.63, 3.8) is 0 Å². The van der Waals surface area contributed by atoms with E-state index in [4.69, 9.17) is 0 Å². The lowest BCUT2D eigenvalue weighted by Gasteiger charge is -2.30. The molecule has 1 atom stereocenters. The molecule has 18 heavy (non-hydrogen) atoms. The fourth-order valence-corrected chi connectivity index (χ4v) is 3.14. The Hall–Kier alpha value is -0.830. The standard InChI is InChI=1S/C15H27N3/c1-4-15(13-8-6-5-7-9-13)16-10-14-11-17-18(3)12(14)2/h11,13,15-16H,4-10H2,1-3H3. The van der Waals surface area contributed by atoms with Gasteiger partial charge in [0.1, 0.15) is 0 Å². The van der Waals surface area contributed by atoms with E-state index in [-0.39, 0.29) is 0 Å². The quantitative estimate of drug-likeness (QED) is 0.868. The third-order valence-corrected chi connectivity index (χ3v) is 4.55. The van der Waals surface area contributed by atoms with Gasteiger partial charge in [-0.05, 0) is 32.1 Å². The summed E-state index contributed by atoms with van der Waals surface area (Å²) in [6, 6.07) is 0.685. The van der Waals surface area contributed by atoms with Gasteiger partial charge in [-0.15, -0.1) is 0 Å². The van der Waals surface area contributed by atoms with Crippen LogP contribution in [-0.2, 0) is 13.6 Å². The Bertz CT molecular complexity index is 364. The topological polar surface area (TPSA) is 29.9 Å². The van der Waals surface area contributed by atoms with Gasteiger partial charge in [-0.25, -0.2) is 0 Å². The average molecular weight is 249 g/mol. The van der Waals surface area contributed by atoms with Gasteiger partial charge in [-0.1, -0.05) is 26.2 Å². The van der Waals surface area contributed by atoms with Crippen LogP contribution in [0.3, 0.4) is 0 Å². The molecule has 1 fully saturated rings. The minimum absolute atomic E-state index is 0.685. The van der Waals surface area contributed by atoms with E-state index >= 15 is 0 Å². The van der Waals surface area contributed by atoms with Crippen LogP contribution < -0.4 is 5.32 Å². The Balaban J connectivity index is 1.88. The van der Waals surface area contributed by atoms with Crippen LogP contribution in [0.25, 0.3) is 0 Å². The zero-order chi connectivity index (χ0) is 13.0. The third-order valence-electron chi connectivity index (χ3n) is 4.55. The minimum Gasteiger partial charge on any atom is -0.310 e. The molecule has 0 amide bonds. The van der Waals surface area contributed by atoms with Crippen molar-refractivity contribution in [2.45, 2.75) is 65.0 Å². The van der Waals surface area contributed by atoms with E-state index in [0.29, 0.717) is 6.04 Å². The van der Waals surface area contributed by atoms with Crippen LogP contribution in [0.4, 0.5) is 0 Å². The molecule has 1 aliphatic rings. The fourth-order valence-electron chi connectivity index (χ4n) is 3.14. The number of nitrogens with one attached hydrogen (secondary N) is 1.